The first-order valence-electron chi connectivity index (χ1n) is 6.57. The monoisotopic (exact) mass is 250 g/mol. The molecule has 0 saturated carbocycles. The summed E-state index contributed by atoms with van der Waals surface area (Å²) in [5, 5.41) is 3.36. The molecule has 1 aliphatic heterocycles. The summed E-state index contributed by atoms with van der Waals surface area (Å²) in [6.07, 6.45) is 0. The minimum atomic E-state index is 0.604. The highest BCUT2D eigenvalue weighted by Crippen LogP contribution is 2.17. The fraction of sp³-hybridized carbons (Fsp3) is 0.692. The predicted molar refractivity (Wildman–Crippen MR) is 73.1 cm³/mol. The molecule has 5 nitrogen and oxygen atoms in total. The lowest BCUT2D eigenvalue weighted by Crippen LogP contribution is -2.37. The maximum Gasteiger partial charge on any atom is 0.134 e. The zero-order valence-corrected chi connectivity index (χ0v) is 11.4. The predicted octanol–water partition coefficient (Wildman–Crippen LogP) is 1.69. The summed E-state index contributed by atoms with van der Waals surface area (Å²) < 4.78 is 5.36. The van der Waals surface area contributed by atoms with Crippen molar-refractivity contribution in [3.63, 3.8) is 0 Å². The Bertz CT molecular complexity index is 389. The second kappa shape index (κ2) is 6.00. The normalized spacial score (nSPS) is 16.1. The number of ether oxygens (including phenoxy) is 1. The van der Waals surface area contributed by atoms with Crippen molar-refractivity contribution in [3.8, 4) is 0 Å². The summed E-state index contributed by atoms with van der Waals surface area (Å²) in [7, 11) is 0. The molecule has 1 fully saturated rings. The van der Waals surface area contributed by atoms with Gasteiger partial charge in [0.05, 0.1) is 13.2 Å². The van der Waals surface area contributed by atoms with Crippen LogP contribution in [0.15, 0.2) is 6.07 Å². The first kappa shape index (κ1) is 13.1. The summed E-state index contributed by atoms with van der Waals surface area (Å²) >= 11 is 0. The highest BCUT2D eigenvalue weighted by molar-refractivity contribution is 5.49. The van der Waals surface area contributed by atoms with Crippen LogP contribution in [0.2, 0.25) is 0 Å². The SMILES string of the molecule is Cc1nc(NCC(C)C)cc(N2CCOCC2)n1. The first-order chi connectivity index (χ1) is 8.65. The Kier molecular flexibility index (Phi) is 4.36. The molecule has 2 rings (SSSR count). The molecular weight excluding hydrogens is 228 g/mol. The lowest BCUT2D eigenvalue weighted by atomic mass is 10.2. The number of morpholine rings is 1. The Morgan fingerprint density at radius 2 is 2.06 bits per heavy atom. The van der Waals surface area contributed by atoms with Gasteiger partial charge in [0.15, 0.2) is 0 Å². The minimum absolute atomic E-state index is 0.604. The molecule has 0 bridgehead atoms. The average molecular weight is 250 g/mol. The van der Waals surface area contributed by atoms with Crippen molar-refractivity contribution >= 4 is 11.6 Å². The molecule has 1 saturated heterocycles. The molecule has 18 heavy (non-hydrogen) atoms. The van der Waals surface area contributed by atoms with Crippen LogP contribution in [0.3, 0.4) is 0 Å². The van der Waals surface area contributed by atoms with Crippen LogP contribution in [0.5, 0.6) is 0 Å². The van der Waals surface area contributed by atoms with E-state index < -0.39 is 0 Å². The number of nitrogens with zero attached hydrogens (tertiary/aromatic N) is 3. The fourth-order valence-electron chi connectivity index (χ4n) is 1.91. The third kappa shape index (κ3) is 3.57. The third-order valence-electron chi connectivity index (χ3n) is 2.85. The van der Waals surface area contributed by atoms with Crippen LogP contribution in [-0.2, 0) is 4.74 Å². The molecule has 1 N–H and O–H groups in total. The van der Waals surface area contributed by atoms with Gasteiger partial charge in [0.2, 0.25) is 0 Å². The van der Waals surface area contributed by atoms with Gasteiger partial charge in [-0.25, -0.2) is 9.97 Å². The van der Waals surface area contributed by atoms with Gasteiger partial charge in [-0.3, -0.25) is 0 Å². The highest BCUT2D eigenvalue weighted by atomic mass is 16.5. The van der Waals surface area contributed by atoms with Crippen LogP contribution >= 0.6 is 0 Å². The summed E-state index contributed by atoms with van der Waals surface area (Å²) in [6.45, 7) is 10.6. The van der Waals surface area contributed by atoms with Crippen LogP contribution in [0.4, 0.5) is 11.6 Å². The standard InChI is InChI=1S/C13H22N4O/c1-10(2)9-14-12-8-13(16-11(3)15-12)17-4-6-18-7-5-17/h8,10H,4-7,9H2,1-3H3,(H,14,15,16). The third-order valence-corrected chi connectivity index (χ3v) is 2.85. The van der Waals surface area contributed by atoms with Crippen molar-refractivity contribution in [2.24, 2.45) is 5.92 Å². The van der Waals surface area contributed by atoms with Crippen LogP contribution < -0.4 is 10.2 Å². The van der Waals surface area contributed by atoms with E-state index in [1.54, 1.807) is 0 Å². The number of hydrogen-bond acceptors (Lipinski definition) is 5. The molecule has 5 heteroatoms. The van der Waals surface area contributed by atoms with Crippen molar-refractivity contribution in [1.82, 2.24) is 9.97 Å². The molecule has 100 valence electrons. The van der Waals surface area contributed by atoms with Crippen molar-refractivity contribution in [2.45, 2.75) is 20.8 Å². The largest absolute Gasteiger partial charge is 0.378 e. The number of aromatic nitrogens is 2. The topological polar surface area (TPSA) is 50.3 Å². The van der Waals surface area contributed by atoms with Gasteiger partial charge in [-0.1, -0.05) is 13.8 Å². The zero-order chi connectivity index (χ0) is 13.0. The summed E-state index contributed by atoms with van der Waals surface area (Å²) in [5.41, 5.74) is 0. The van der Waals surface area contributed by atoms with E-state index in [4.69, 9.17) is 4.74 Å². The number of nitrogens with one attached hydrogen (secondary N) is 1. The molecule has 0 spiro atoms. The second-order valence-corrected chi connectivity index (χ2v) is 5.03. The summed E-state index contributed by atoms with van der Waals surface area (Å²) in [4.78, 5) is 11.2. The van der Waals surface area contributed by atoms with E-state index in [9.17, 15) is 0 Å². The van der Waals surface area contributed by atoms with Crippen molar-refractivity contribution in [1.29, 1.82) is 0 Å². The van der Waals surface area contributed by atoms with Gasteiger partial charge in [0.1, 0.15) is 17.5 Å². The van der Waals surface area contributed by atoms with Crippen LogP contribution in [0.25, 0.3) is 0 Å². The minimum Gasteiger partial charge on any atom is -0.378 e. The molecule has 0 aromatic carbocycles. The van der Waals surface area contributed by atoms with E-state index in [-0.39, 0.29) is 0 Å². The Morgan fingerprint density at radius 1 is 1.33 bits per heavy atom. The van der Waals surface area contributed by atoms with Gasteiger partial charge < -0.3 is 15.0 Å². The average Bonchev–Trinajstić information content (AvgIpc) is 2.37. The Balaban J connectivity index is 2.09. The number of hydrogen-bond donors (Lipinski definition) is 1. The van der Waals surface area contributed by atoms with E-state index in [2.05, 4.69) is 34.0 Å². The van der Waals surface area contributed by atoms with Crippen LogP contribution in [0.1, 0.15) is 19.7 Å². The number of aryl methyl sites for hydroxylation is 1. The molecular formula is C13H22N4O. The quantitative estimate of drug-likeness (QED) is 0.881. The zero-order valence-electron chi connectivity index (χ0n) is 11.4. The molecule has 2 heterocycles. The highest BCUT2D eigenvalue weighted by Gasteiger charge is 2.14. The van der Waals surface area contributed by atoms with E-state index in [0.29, 0.717) is 5.92 Å². The second-order valence-electron chi connectivity index (χ2n) is 5.03. The Morgan fingerprint density at radius 3 is 2.72 bits per heavy atom. The van der Waals surface area contributed by atoms with Gasteiger partial charge >= 0.3 is 0 Å². The Labute approximate surface area is 109 Å². The molecule has 1 aromatic heterocycles. The summed E-state index contributed by atoms with van der Waals surface area (Å²) in [6, 6.07) is 2.03. The lowest BCUT2D eigenvalue weighted by Gasteiger charge is -2.28. The van der Waals surface area contributed by atoms with Gasteiger partial charge in [0.25, 0.3) is 0 Å². The maximum absolute atomic E-state index is 5.36. The smallest absolute Gasteiger partial charge is 0.134 e. The van der Waals surface area contributed by atoms with E-state index in [1.807, 2.05) is 13.0 Å². The van der Waals surface area contributed by atoms with Crippen molar-refractivity contribution in [2.75, 3.05) is 43.1 Å². The van der Waals surface area contributed by atoms with Crippen LogP contribution in [0, 0.1) is 12.8 Å². The van der Waals surface area contributed by atoms with E-state index >= 15 is 0 Å². The van der Waals surface area contributed by atoms with Gasteiger partial charge in [-0.15, -0.1) is 0 Å². The molecule has 0 radical (unpaired) electrons. The van der Waals surface area contributed by atoms with Crippen molar-refractivity contribution < 1.29 is 4.74 Å². The summed E-state index contributed by atoms with van der Waals surface area (Å²) in [5.74, 6) is 3.33. The van der Waals surface area contributed by atoms with E-state index in [1.165, 1.54) is 0 Å². The number of anilines is 2. The molecule has 1 aliphatic rings. The molecule has 0 aliphatic carbocycles. The van der Waals surface area contributed by atoms with Gasteiger partial charge in [0, 0.05) is 25.7 Å². The fourth-order valence-corrected chi connectivity index (χ4v) is 1.91. The van der Waals surface area contributed by atoms with Gasteiger partial charge in [-0.2, -0.15) is 0 Å². The van der Waals surface area contributed by atoms with Gasteiger partial charge in [-0.05, 0) is 12.8 Å². The molecule has 0 atom stereocenters. The first-order valence-corrected chi connectivity index (χ1v) is 6.57. The van der Waals surface area contributed by atoms with E-state index in [0.717, 1.165) is 50.3 Å². The number of rotatable bonds is 4. The van der Waals surface area contributed by atoms with Crippen LogP contribution in [-0.4, -0.2) is 42.8 Å². The maximum atomic E-state index is 5.36. The molecule has 1 aromatic rings. The molecule has 0 amide bonds. The lowest BCUT2D eigenvalue weighted by molar-refractivity contribution is 0.122. The molecule has 0 unspecified atom stereocenters. The Hall–Kier alpha value is -1.36. The van der Waals surface area contributed by atoms with Crippen molar-refractivity contribution in [3.05, 3.63) is 11.9 Å².